The van der Waals surface area contributed by atoms with Gasteiger partial charge in [0.25, 0.3) is 0 Å². The highest BCUT2D eigenvalue weighted by atomic mass is 15.8. The molecule has 1 aromatic heterocycles. The minimum absolute atomic E-state index is 0.829. The first kappa shape index (κ1) is 12.6. The highest BCUT2D eigenvalue weighted by Gasteiger charge is 2.36. The normalized spacial score (nSPS) is 17.9. The first-order chi connectivity index (χ1) is 10.4. The van der Waals surface area contributed by atoms with Gasteiger partial charge in [-0.1, -0.05) is 36.4 Å². The Morgan fingerprint density at radius 1 is 0.810 bits per heavy atom. The standard InChI is InChI=1S/C18H20N3/c1-3-10-17(11-4-1)21(13-7-2-8-14-21)20-15-16-9-5-6-12-18(16)19-20/h1,3-6,9-12,15H,2,7-8,13-14H2/q+1. The van der Waals surface area contributed by atoms with Crippen molar-refractivity contribution in [2.45, 2.75) is 19.3 Å². The maximum atomic E-state index is 4.87. The van der Waals surface area contributed by atoms with Crippen molar-refractivity contribution in [3.8, 4) is 0 Å². The lowest BCUT2D eigenvalue weighted by Crippen LogP contribution is -2.57. The highest BCUT2D eigenvalue weighted by molar-refractivity contribution is 5.77. The number of nitrogens with zero attached hydrogens (tertiary/aromatic N) is 3. The van der Waals surface area contributed by atoms with Crippen molar-refractivity contribution >= 4 is 16.6 Å². The van der Waals surface area contributed by atoms with Gasteiger partial charge in [-0.25, -0.2) is 0 Å². The molecule has 1 fully saturated rings. The molecule has 3 heteroatoms. The predicted molar refractivity (Wildman–Crippen MR) is 87.0 cm³/mol. The molecule has 0 amide bonds. The molecule has 0 spiro atoms. The molecule has 0 atom stereocenters. The van der Waals surface area contributed by atoms with Gasteiger partial charge in [0.15, 0.2) is 5.69 Å². The molecule has 4 rings (SSSR count). The van der Waals surface area contributed by atoms with Gasteiger partial charge in [-0.05, 0) is 25.3 Å². The van der Waals surface area contributed by atoms with Crippen LogP contribution in [0.15, 0.2) is 60.8 Å². The Morgan fingerprint density at radius 3 is 2.29 bits per heavy atom. The van der Waals surface area contributed by atoms with E-state index in [2.05, 4.69) is 65.6 Å². The Labute approximate surface area is 125 Å². The molecule has 0 saturated carbocycles. The second-order valence-corrected chi connectivity index (χ2v) is 5.87. The third-order valence-electron chi connectivity index (χ3n) is 4.59. The summed E-state index contributed by atoms with van der Waals surface area (Å²) in [6, 6.07) is 19.2. The summed E-state index contributed by atoms with van der Waals surface area (Å²) in [5.74, 6) is 0. The predicted octanol–water partition coefficient (Wildman–Crippen LogP) is 3.99. The first-order valence-corrected chi connectivity index (χ1v) is 7.76. The second kappa shape index (κ2) is 5.01. The number of piperidine rings is 1. The number of hydrogen-bond acceptors (Lipinski definition) is 1. The van der Waals surface area contributed by atoms with E-state index in [-0.39, 0.29) is 0 Å². The molecular weight excluding hydrogens is 258 g/mol. The quantitative estimate of drug-likeness (QED) is 0.648. The molecule has 21 heavy (non-hydrogen) atoms. The molecule has 106 valence electrons. The zero-order valence-corrected chi connectivity index (χ0v) is 12.2. The summed E-state index contributed by atoms with van der Waals surface area (Å²) in [4.78, 5) is 2.18. The number of para-hydroxylation sites is 1. The van der Waals surface area contributed by atoms with Crippen LogP contribution in [-0.4, -0.2) is 23.0 Å². The van der Waals surface area contributed by atoms with Gasteiger partial charge in [0.1, 0.15) is 13.1 Å². The van der Waals surface area contributed by atoms with Gasteiger partial charge in [-0.15, -0.1) is 9.89 Å². The Morgan fingerprint density at radius 2 is 1.52 bits per heavy atom. The molecule has 0 radical (unpaired) electrons. The van der Waals surface area contributed by atoms with Gasteiger partial charge in [-0.3, -0.25) is 0 Å². The van der Waals surface area contributed by atoms with Crippen LogP contribution in [0.4, 0.5) is 5.69 Å². The average Bonchev–Trinajstić information content (AvgIpc) is 3.01. The van der Waals surface area contributed by atoms with E-state index < -0.39 is 0 Å². The SMILES string of the molecule is c1ccc([N+]2(n3cc4ccccc4n3)CCCCC2)cc1. The Balaban J connectivity index is 1.89. The maximum Gasteiger partial charge on any atom is 0.159 e. The van der Waals surface area contributed by atoms with Gasteiger partial charge in [0, 0.05) is 17.5 Å². The molecule has 0 aliphatic carbocycles. The van der Waals surface area contributed by atoms with Crippen LogP contribution in [0.25, 0.3) is 10.9 Å². The minimum Gasteiger partial charge on any atom is -0.169 e. The zero-order valence-electron chi connectivity index (χ0n) is 12.2. The van der Waals surface area contributed by atoms with Crippen LogP contribution in [0.1, 0.15) is 19.3 Å². The van der Waals surface area contributed by atoms with Crippen molar-refractivity contribution < 1.29 is 0 Å². The van der Waals surface area contributed by atoms with Crippen molar-refractivity contribution in [1.82, 2.24) is 14.5 Å². The summed E-state index contributed by atoms with van der Waals surface area (Å²) in [5.41, 5.74) is 2.42. The summed E-state index contributed by atoms with van der Waals surface area (Å²) in [6.45, 7) is 2.25. The van der Waals surface area contributed by atoms with Crippen molar-refractivity contribution in [1.29, 1.82) is 0 Å². The molecule has 3 nitrogen and oxygen atoms in total. The fraction of sp³-hybridized carbons (Fsp3) is 0.278. The summed E-state index contributed by atoms with van der Waals surface area (Å²) in [5, 5.41) is 6.09. The van der Waals surface area contributed by atoms with E-state index >= 15 is 0 Å². The van der Waals surface area contributed by atoms with Crippen LogP contribution < -0.4 is 4.59 Å². The molecule has 1 saturated heterocycles. The second-order valence-electron chi connectivity index (χ2n) is 5.87. The van der Waals surface area contributed by atoms with Crippen LogP contribution in [0.5, 0.6) is 0 Å². The van der Waals surface area contributed by atoms with Gasteiger partial charge in [0.05, 0.1) is 11.7 Å². The van der Waals surface area contributed by atoms with E-state index in [0.29, 0.717) is 0 Å². The van der Waals surface area contributed by atoms with Crippen LogP contribution in [0, 0.1) is 0 Å². The third-order valence-corrected chi connectivity index (χ3v) is 4.59. The van der Waals surface area contributed by atoms with Crippen LogP contribution >= 0.6 is 0 Å². The van der Waals surface area contributed by atoms with Crippen molar-refractivity contribution in [3.63, 3.8) is 0 Å². The van der Waals surface area contributed by atoms with Crippen LogP contribution in [-0.2, 0) is 0 Å². The van der Waals surface area contributed by atoms with E-state index in [1.54, 1.807) is 0 Å². The summed E-state index contributed by atoms with van der Waals surface area (Å²) >= 11 is 0. The summed E-state index contributed by atoms with van der Waals surface area (Å²) < 4.78 is 0.829. The van der Waals surface area contributed by atoms with Crippen molar-refractivity contribution in [2.24, 2.45) is 0 Å². The maximum absolute atomic E-state index is 4.87. The molecule has 2 heterocycles. The van der Waals surface area contributed by atoms with Crippen molar-refractivity contribution in [2.75, 3.05) is 13.1 Å². The summed E-state index contributed by atoms with van der Waals surface area (Å²) in [7, 11) is 0. The lowest BCUT2D eigenvalue weighted by molar-refractivity contribution is 0.147. The van der Waals surface area contributed by atoms with E-state index in [1.807, 2.05) is 0 Å². The fourth-order valence-electron chi connectivity index (χ4n) is 3.47. The fourth-order valence-corrected chi connectivity index (χ4v) is 3.47. The summed E-state index contributed by atoms with van der Waals surface area (Å²) in [6.07, 6.45) is 6.04. The van der Waals surface area contributed by atoms with E-state index in [4.69, 9.17) is 5.10 Å². The lowest BCUT2D eigenvalue weighted by atomic mass is 10.1. The molecule has 0 unspecified atom stereocenters. The minimum atomic E-state index is 0.829. The number of benzene rings is 2. The number of aromatic nitrogens is 2. The number of quaternary nitrogens is 1. The van der Waals surface area contributed by atoms with Gasteiger partial charge >= 0.3 is 0 Å². The van der Waals surface area contributed by atoms with E-state index in [0.717, 1.165) is 23.2 Å². The van der Waals surface area contributed by atoms with E-state index in [1.165, 1.54) is 30.3 Å². The van der Waals surface area contributed by atoms with E-state index in [9.17, 15) is 0 Å². The average molecular weight is 278 g/mol. The Bertz CT molecular complexity index is 706. The monoisotopic (exact) mass is 278 g/mol. The zero-order chi connectivity index (χ0) is 14.1. The van der Waals surface area contributed by atoms with Crippen molar-refractivity contribution in [3.05, 3.63) is 60.8 Å². The van der Waals surface area contributed by atoms with Crippen LogP contribution in [0.3, 0.4) is 0 Å². The molecular formula is C18H20N3+. The van der Waals surface area contributed by atoms with Gasteiger partial charge in [-0.2, -0.15) is 4.59 Å². The van der Waals surface area contributed by atoms with Gasteiger partial charge < -0.3 is 0 Å². The number of hydrogen-bond donors (Lipinski definition) is 0. The number of rotatable bonds is 2. The first-order valence-electron chi connectivity index (χ1n) is 7.76. The highest BCUT2D eigenvalue weighted by Crippen LogP contribution is 2.30. The topological polar surface area (TPSA) is 17.8 Å². The Kier molecular flexibility index (Phi) is 3.00. The lowest BCUT2D eigenvalue weighted by Gasteiger charge is -2.39. The third kappa shape index (κ3) is 2.05. The Hall–Kier alpha value is -2.13. The number of fused-ring (bicyclic) bond motifs is 1. The molecule has 3 aromatic rings. The van der Waals surface area contributed by atoms with Crippen LogP contribution in [0.2, 0.25) is 0 Å². The molecule has 0 N–H and O–H groups in total. The molecule has 1 aliphatic heterocycles. The smallest absolute Gasteiger partial charge is 0.159 e. The largest absolute Gasteiger partial charge is 0.169 e. The molecule has 0 bridgehead atoms. The molecule has 2 aromatic carbocycles. The molecule has 1 aliphatic rings. The van der Waals surface area contributed by atoms with Gasteiger partial charge in [0.2, 0.25) is 0 Å².